The molecule has 8 nitrogen and oxygen atoms in total. The molecule has 156 valence electrons. The predicted octanol–water partition coefficient (Wildman–Crippen LogP) is 0.249. The molecule has 1 atom stereocenters. The van der Waals surface area contributed by atoms with E-state index in [0.29, 0.717) is 37.5 Å². The minimum Gasteiger partial charge on any atom is -0.467 e. The van der Waals surface area contributed by atoms with E-state index in [0.717, 1.165) is 4.90 Å². The Morgan fingerprint density at radius 3 is 2.38 bits per heavy atom. The molecule has 1 aliphatic heterocycles. The molecular formula is C20H26N3O5S+. The fourth-order valence-electron chi connectivity index (χ4n) is 3.36. The van der Waals surface area contributed by atoms with Gasteiger partial charge in [-0.05, 0) is 38.1 Å². The monoisotopic (exact) mass is 420 g/mol. The van der Waals surface area contributed by atoms with E-state index in [-0.39, 0.29) is 29.2 Å². The molecular weight excluding hydrogens is 394 g/mol. The summed E-state index contributed by atoms with van der Waals surface area (Å²) in [5.74, 6) is 0.492. The van der Waals surface area contributed by atoms with Gasteiger partial charge in [0.05, 0.1) is 43.4 Å². The van der Waals surface area contributed by atoms with Crippen molar-refractivity contribution in [2.75, 3.05) is 32.7 Å². The molecule has 0 saturated carbocycles. The SMILES string of the molecule is CC(=O)c1ccc(S(=O)(=O)N2CC[NH+](CC(=O)N[C@@H](C)c3ccco3)CC2)cc1. The van der Waals surface area contributed by atoms with Crippen molar-refractivity contribution >= 4 is 21.7 Å². The van der Waals surface area contributed by atoms with Gasteiger partial charge in [0.2, 0.25) is 10.0 Å². The van der Waals surface area contributed by atoms with Crippen LogP contribution in [0.4, 0.5) is 0 Å². The first-order valence-electron chi connectivity index (χ1n) is 9.55. The third kappa shape index (κ3) is 5.11. The summed E-state index contributed by atoms with van der Waals surface area (Å²) in [6.45, 7) is 5.36. The van der Waals surface area contributed by atoms with Crippen LogP contribution < -0.4 is 10.2 Å². The number of ketones is 1. The Morgan fingerprint density at radius 2 is 1.83 bits per heavy atom. The fraction of sp³-hybridized carbons (Fsp3) is 0.400. The van der Waals surface area contributed by atoms with Gasteiger partial charge >= 0.3 is 0 Å². The van der Waals surface area contributed by atoms with Gasteiger partial charge in [-0.15, -0.1) is 0 Å². The number of quaternary nitrogens is 1. The van der Waals surface area contributed by atoms with Crippen LogP contribution in [0.25, 0.3) is 0 Å². The molecule has 0 unspecified atom stereocenters. The Morgan fingerprint density at radius 1 is 1.17 bits per heavy atom. The quantitative estimate of drug-likeness (QED) is 0.626. The molecule has 0 aliphatic carbocycles. The minimum atomic E-state index is -3.61. The summed E-state index contributed by atoms with van der Waals surface area (Å²) >= 11 is 0. The van der Waals surface area contributed by atoms with E-state index in [1.807, 2.05) is 13.0 Å². The van der Waals surface area contributed by atoms with E-state index in [2.05, 4.69) is 5.32 Å². The second-order valence-corrected chi connectivity index (χ2v) is 9.15. The molecule has 3 rings (SSSR count). The number of hydrogen-bond donors (Lipinski definition) is 2. The van der Waals surface area contributed by atoms with Crippen LogP contribution >= 0.6 is 0 Å². The van der Waals surface area contributed by atoms with Crippen LogP contribution in [0, 0.1) is 0 Å². The second kappa shape index (κ2) is 8.89. The van der Waals surface area contributed by atoms with Gasteiger partial charge < -0.3 is 14.6 Å². The van der Waals surface area contributed by atoms with E-state index in [1.54, 1.807) is 12.3 Å². The Bertz CT molecular complexity index is 947. The van der Waals surface area contributed by atoms with Crippen molar-refractivity contribution < 1.29 is 27.3 Å². The van der Waals surface area contributed by atoms with Gasteiger partial charge in [0.15, 0.2) is 12.3 Å². The van der Waals surface area contributed by atoms with Crippen LogP contribution in [-0.4, -0.2) is 57.1 Å². The highest BCUT2D eigenvalue weighted by Gasteiger charge is 2.31. The van der Waals surface area contributed by atoms with Crippen molar-refractivity contribution in [3.8, 4) is 0 Å². The van der Waals surface area contributed by atoms with Gasteiger partial charge in [0, 0.05) is 5.56 Å². The average Bonchev–Trinajstić information content (AvgIpc) is 3.23. The average molecular weight is 421 g/mol. The molecule has 1 fully saturated rings. The molecule has 1 saturated heterocycles. The number of furan rings is 1. The van der Waals surface area contributed by atoms with E-state index >= 15 is 0 Å². The van der Waals surface area contributed by atoms with Gasteiger partial charge in [-0.1, -0.05) is 12.1 Å². The molecule has 29 heavy (non-hydrogen) atoms. The predicted molar refractivity (Wildman–Crippen MR) is 106 cm³/mol. The number of carbonyl (C=O) groups is 2. The summed E-state index contributed by atoms with van der Waals surface area (Å²) < 4.78 is 32.4. The summed E-state index contributed by atoms with van der Waals surface area (Å²) in [5, 5.41) is 2.90. The van der Waals surface area contributed by atoms with Crippen molar-refractivity contribution in [3.63, 3.8) is 0 Å². The lowest BCUT2D eigenvalue weighted by Crippen LogP contribution is -3.15. The van der Waals surface area contributed by atoms with Crippen molar-refractivity contribution in [2.45, 2.75) is 24.8 Å². The molecule has 1 aromatic carbocycles. The highest BCUT2D eigenvalue weighted by Crippen LogP contribution is 2.17. The van der Waals surface area contributed by atoms with Crippen molar-refractivity contribution in [3.05, 3.63) is 54.0 Å². The number of sulfonamides is 1. The maximum atomic E-state index is 12.8. The van der Waals surface area contributed by atoms with Gasteiger partial charge in [0.25, 0.3) is 5.91 Å². The van der Waals surface area contributed by atoms with Crippen LogP contribution in [0.15, 0.2) is 52.0 Å². The molecule has 1 aromatic heterocycles. The number of carbonyl (C=O) groups excluding carboxylic acids is 2. The van der Waals surface area contributed by atoms with Gasteiger partial charge in [-0.25, -0.2) is 8.42 Å². The van der Waals surface area contributed by atoms with E-state index in [1.165, 1.54) is 35.5 Å². The molecule has 2 aromatic rings. The molecule has 1 aliphatic rings. The highest BCUT2D eigenvalue weighted by atomic mass is 32.2. The third-order valence-electron chi connectivity index (χ3n) is 5.09. The first kappa shape index (κ1) is 21.2. The molecule has 2 heterocycles. The number of Topliss-reactive ketones (excluding diaryl/α,β-unsaturated/α-hetero) is 1. The van der Waals surface area contributed by atoms with Crippen LogP contribution in [0.2, 0.25) is 0 Å². The molecule has 1 amide bonds. The summed E-state index contributed by atoms with van der Waals surface area (Å²) in [7, 11) is -3.61. The van der Waals surface area contributed by atoms with E-state index < -0.39 is 10.0 Å². The molecule has 0 radical (unpaired) electrons. The Labute approximate surface area is 170 Å². The first-order valence-corrected chi connectivity index (χ1v) is 11.0. The van der Waals surface area contributed by atoms with Gasteiger partial charge in [0.1, 0.15) is 5.76 Å². The lowest BCUT2D eigenvalue weighted by molar-refractivity contribution is -0.895. The fourth-order valence-corrected chi connectivity index (χ4v) is 4.80. The molecule has 9 heteroatoms. The number of piperazine rings is 1. The zero-order valence-electron chi connectivity index (χ0n) is 16.6. The Hall–Kier alpha value is -2.49. The van der Waals surface area contributed by atoms with Gasteiger partial charge in [-0.3, -0.25) is 9.59 Å². The third-order valence-corrected chi connectivity index (χ3v) is 7.00. The molecule has 0 bridgehead atoms. The van der Waals surface area contributed by atoms with E-state index in [4.69, 9.17) is 4.42 Å². The maximum absolute atomic E-state index is 12.8. The number of nitrogens with zero attached hydrogens (tertiary/aromatic N) is 1. The normalized spacial score (nSPS) is 17.0. The standard InChI is InChI=1S/C20H25N3O5S/c1-15(19-4-3-13-28-19)21-20(25)14-22-9-11-23(12-10-22)29(26,27)18-7-5-17(6-8-18)16(2)24/h3-8,13,15H,9-12,14H2,1-2H3,(H,21,25)/p+1/t15-/m0/s1. The topological polar surface area (TPSA) is 101 Å². The zero-order chi connectivity index (χ0) is 21.0. The number of nitrogens with one attached hydrogen (secondary N) is 2. The highest BCUT2D eigenvalue weighted by molar-refractivity contribution is 7.89. The Balaban J connectivity index is 1.52. The van der Waals surface area contributed by atoms with Crippen LogP contribution in [0.3, 0.4) is 0 Å². The summed E-state index contributed by atoms with van der Waals surface area (Å²) in [4.78, 5) is 24.8. The number of hydrogen-bond acceptors (Lipinski definition) is 5. The number of rotatable bonds is 7. The van der Waals surface area contributed by atoms with Crippen molar-refractivity contribution in [1.82, 2.24) is 9.62 Å². The van der Waals surface area contributed by atoms with Crippen molar-refractivity contribution in [2.24, 2.45) is 0 Å². The van der Waals surface area contributed by atoms with Crippen molar-refractivity contribution in [1.29, 1.82) is 0 Å². The zero-order valence-corrected chi connectivity index (χ0v) is 17.4. The Kier molecular flexibility index (Phi) is 6.51. The smallest absolute Gasteiger partial charge is 0.275 e. The second-order valence-electron chi connectivity index (χ2n) is 7.22. The van der Waals surface area contributed by atoms with Gasteiger partial charge in [-0.2, -0.15) is 4.31 Å². The molecule has 0 spiro atoms. The summed E-state index contributed by atoms with van der Waals surface area (Å²) in [6.07, 6.45) is 1.57. The largest absolute Gasteiger partial charge is 0.467 e. The number of benzene rings is 1. The number of amides is 1. The maximum Gasteiger partial charge on any atom is 0.275 e. The van der Waals surface area contributed by atoms with Crippen LogP contribution in [0.1, 0.15) is 36.0 Å². The van der Waals surface area contributed by atoms with E-state index in [9.17, 15) is 18.0 Å². The lowest BCUT2D eigenvalue weighted by Gasteiger charge is -2.31. The minimum absolute atomic E-state index is 0.0972. The summed E-state index contributed by atoms with van der Waals surface area (Å²) in [5.41, 5.74) is 0.480. The summed E-state index contributed by atoms with van der Waals surface area (Å²) in [6, 6.07) is 9.36. The lowest BCUT2D eigenvalue weighted by atomic mass is 10.2. The first-order chi connectivity index (χ1) is 13.8. The molecule has 2 N–H and O–H groups in total. The van der Waals surface area contributed by atoms with Crippen LogP contribution in [0.5, 0.6) is 0 Å². The van der Waals surface area contributed by atoms with Crippen LogP contribution in [-0.2, 0) is 14.8 Å².